The van der Waals surface area contributed by atoms with Gasteiger partial charge in [-0.05, 0) is 0 Å². The molecule has 2 radical (unpaired) electrons. The Morgan fingerprint density at radius 1 is 1.50 bits per heavy atom. The molecule has 4 N–H and O–H groups in total. The van der Waals surface area contributed by atoms with E-state index >= 15 is 0 Å². The number of carbonyl (C=O) groups excluding carboxylic acids is 1. The van der Waals surface area contributed by atoms with Crippen molar-refractivity contribution >= 4 is 33.3 Å². The number of esters is 1. The summed E-state index contributed by atoms with van der Waals surface area (Å²) in [6, 6.07) is 0. The minimum atomic E-state index is -1.42. The van der Waals surface area contributed by atoms with E-state index in [-0.39, 0.29) is 58.3 Å². The predicted molar refractivity (Wildman–Crippen MR) is 44.9 cm³/mol. The Morgan fingerprint density at radius 3 is 2.29 bits per heavy atom. The van der Waals surface area contributed by atoms with Crippen molar-refractivity contribution < 1.29 is 60.9 Å². The minimum absolute atomic E-state index is 0. The van der Waals surface area contributed by atoms with Crippen molar-refractivity contribution in [3.05, 3.63) is 11.5 Å². The number of aliphatic hydroxyl groups is 4. The van der Waals surface area contributed by atoms with Crippen LogP contribution < -0.4 is 29.6 Å². The number of ether oxygens (including phenoxy) is 1. The summed E-state index contributed by atoms with van der Waals surface area (Å²) in [5, 5.41) is 35.0. The summed E-state index contributed by atoms with van der Waals surface area (Å²) < 4.78 is 4.32. The maximum atomic E-state index is 10.5. The maximum absolute atomic E-state index is 10.5. The Labute approximate surface area is 124 Å². The molecule has 6 nitrogen and oxygen atoms in total. The summed E-state index contributed by atoms with van der Waals surface area (Å²) in [7, 11) is 0. The summed E-state index contributed by atoms with van der Waals surface area (Å²) in [6.07, 6.45) is -2.78. The molecule has 14 heavy (non-hydrogen) atoms. The Morgan fingerprint density at radius 2 is 2.00 bits per heavy atom. The van der Waals surface area contributed by atoms with E-state index in [4.69, 9.17) is 20.4 Å². The average molecular weight is 409 g/mol. The van der Waals surface area contributed by atoms with Gasteiger partial charge in [0, 0.05) is 0 Å². The van der Waals surface area contributed by atoms with Crippen LogP contribution in [0.15, 0.2) is 11.5 Å². The molecule has 0 saturated carbocycles. The number of aliphatic hydroxyl groups excluding tert-OH is 4. The van der Waals surface area contributed by atoms with Gasteiger partial charge in [-0.3, -0.25) is 0 Å². The van der Waals surface area contributed by atoms with E-state index in [1.165, 1.54) is 0 Å². The second-order valence-corrected chi connectivity index (χ2v) is 2.31. The molecule has 1 aliphatic heterocycles. The van der Waals surface area contributed by atoms with Gasteiger partial charge in [0.05, 0.1) is 6.61 Å². The number of rotatable bonds is 2. The second-order valence-electron chi connectivity index (χ2n) is 2.31. The van der Waals surface area contributed by atoms with Crippen LogP contribution in [0.1, 0.15) is 1.43 Å². The van der Waals surface area contributed by atoms with Gasteiger partial charge in [0.2, 0.25) is 5.76 Å². The zero-order valence-electron chi connectivity index (χ0n) is 8.67. The van der Waals surface area contributed by atoms with Crippen molar-refractivity contribution in [2.24, 2.45) is 0 Å². The Balaban J connectivity index is -0.000000480. The molecule has 8 heteroatoms. The summed E-state index contributed by atoms with van der Waals surface area (Å²) >= 11 is 0. The van der Waals surface area contributed by atoms with Crippen molar-refractivity contribution in [3.63, 3.8) is 0 Å². The van der Waals surface area contributed by atoms with Gasteiger partial charge < -0.3 is 26.6 Å². The van der Waals surface area contributed by atoms with Crippen LogP contribution in [0.5, 0.6) is 0 Å². The Kier molecular flexibility index (Phi) is 8.55. The fourth-order valence-electron chi connectivity index (χ4n) is 0.823. The zero-order valence-corrected chi connectivity index (χ0v) is 15.2. The van der Waals surface area contributed by atoms with E-state index in [1.54, 1.807) is 0 Å². The van der Waals surface area contributed by atoms with Crippen molar-refractivity contribution in [3.8, 4) is 0 Å². The van der Waals surface area contributed by atoms with Crippen LogP contribution in [0, 0.1) is 0 Å². The van der Waals surface area contributed by atoms with Crippen LogP contribution in [0.2, 0.25) is 0 Å². The van der Waals surface area contributed by atoms with E-state index in [9.17, 15) is 4.79 Å². The van der Waals surface area contributed by atoms with Gasteiger partial charge in [-0.2, -0.15) is 0 Å². The topological polar surface area (TPSA) is 107 Å². The second kappa shape index (κ2) is 7.01. The summed E-state index contributed by atoms with van der Waals surface area (Å²) in [6.45, 7) is -0.671. The third-order valence-electron chi connectivity index (χ3n) is 1.48. The van der Waals surface area contributed by atoms with Gasteiger partial charge in [0.25, 0.3) is 0 Å². The molecule has 1 aliphatic rings. The third kappa shape index (κ3) is 3.35. The average Bonchev–Trinajstić information content (AvgIpc) is 2.32. The van der Waals surface area contributed by atoms with E-state index in [0.717, 1.165) is 0 Å². The molecular formula is C6H11NaO6Pb. The molecule has 0 saturated heterocycles. The molecule has 0 unspecified atom stereocenters. The van der Waals surface area contributed by atoms with Crippen LogP contribution >= 0.6 is 0 Å². The molecule has 0 amide bonds. The van der Waals surface area contributed by atoms with Gasteiger partial charge in [0.15, 0.2) is 11.9 Å². The third-order valence-corrected chi connectivity index (χ3v) is 1.48. The molecule has 0 spiro atoms. The van der Waals surface area contributed by atoms with E-state index < -0.39 is 36.3 Å². The van der Waals surface area contributed by atoms with Crippen LogP contribution in [-0.4, -0.2) is 72.5 Å². The monoisotopic (exact) mass is 410 g/mol. The van der Waals surface area contributed by atoms with E-state index in [2.05, 4.69) is 4.74 Å². The fraction of sp³-hybridized carbons (Fsp3) is 0.500. The molecule has 0 aromatic carbocycles. The van der Waals surface area contributed by atoms with Crippen LogP contribution in [0.25, 0.3) is 0 Å². The number of cyclic esters (lactones) is 1. The zero-order chi connectivity index (χ0) is 9.30. The standard InChI is InChI=1S/C6H8O6.Na.Pb.3H/c7-1-2(8)5-3(9)4(10)6(11)12-5;;;;;/h2,5,7-10H,1H2;;;;;/q;+1;;;;-1/t2-,5+;;;;;/m0...../s1. The van der Waals surface area contributed by atoms with Crippen molar-refractivity contribution in [1.82, 2.24) is 0 Å². The van der Waals surface area contributed by atoms with Crippen LogP contribution in [0.3, 0.4) is 0 Å². The van der Waals surface area contributed by atoms with Crippen molar-refractivity contribution in [2.45, 2.75) is 12.2 Å². The first-order valence-electron chi connectivity index (χ1n) is 3.20. The van der Waals surface area contributed by atoms with Gasteiger partial charge >= 0.3 is 62.8 Å². The van der Waals surface area contributed by atoms with E-state index in [0.29, 0.717) is 0 Å². The Hall–Kier alpha value is 0.652. The predicted octanol–water partition coefficient (Wildman–Crippen LogP) is -5.21. The summed E-state index contributed by atoms with van der Waals surface area (Å²) in [5.41, 5.74) is 0. The summed E-state index contributed by atoms with van der Waals surface area (Å²) in [4.78, 5) is 10.5. The molecule has 0 aromatic rings. The molecule has 1 rings (SSSR count). The van der Waals surface area contributed by atoms with E-state index in [1.807, 2.05) is 0 Å². The first-order valence-corrected chi connectivity index (χ1v) is 3.20. The van der Waals surface area contributed by atoms with Crippen LogP contribution in [0.4, 0.5) is 0 Å². The Bertz CT molecular complexity index is 248. The molecule has 1 heterocycles. The number of hydrogen-bond donors (Lipinski definition) is 4. The number of carbonyl (C=O) groups is 1. The van der Waals surface area contributed by atoms with Crippen molar-refractivity contribution in [2.75, 3.05) is 6.61 Å². The quantitative estimate of drug-likeness (QED) is 0.268. The van der Waals surface area contributed by atoms with Gasteiger partial charge in [-0.25, -0.2) is 4.79 Å². The molecule has 0 aromatic heterocycles. The first kappa shape index (κ1) is 17.1. The number of hydrogen-bond acceptors (Lipinski definition) is 6. The molecule has 0 aliphatic carbocycles. The molecule has 2 atom stereocenters. The SMILES string of the molecule is O=C1O[C@H]([C@@H](O)CO)C(O)=C1O.[H-].[Na+].[PbH2]. The normalized spacial score (nSPS) is 22.1. The molecular weight excluding hydrogens is 398 g/mol. The molecule has 0 fully saturated rings. The van der Waals surface area contributed by atoms with Crippen LogP contribution in [-0.2, 0) is 9.53 Å². The van der Waals surface area contributed by atoms with Gasteiger partial charge in [-0.1, -0.05) is 0 Å². The summed E-state index contributed by atoms with van der Waals surface area (Å²) in [5.74, 6) is -2.78. The van der Waals surface area contributed by atoms with Gasteiger partial charge in [0.1, 0.15) is 6.10 Å². The van der Waals surface area contributed by atoms with Gasteiger partial charge in [-0.15, -0.1) is 0 Å². The molecule has 76 valence electrons. The first-order chi connectivity index (χ1) is 5.57. The fourth-order valence-corrected chi connectivity index (χ4v) is 0.823. The molecule has 0 bridgehead atoms. The van der Waals surface area contributed by atoms with Crippen molar-refractivity contribution in [1.29, 1.82) is 0 Å².